The molecule has 2 aliphatic rings. The van der Waals surface area contributed by atoms with Crippen LogP contribution >= 0.6 is 0 Å². The summed E-state index contributed by atoms with van der Waals surface area (Å²) in [7, 11) is 0. The van der Waals surface area contributed by atoms with Crippen LogP contribution in [0.5, 0.6) is 0 Å². The van der Waals surface area contributed by atoms with Crippen molar-refractivity contribution < 1.29 is 9.53 Å². The number of nitrogens with two attached hydrogens (primary N) is 1. The highest BCUT2D eigenvalue weighted by Gasteiger charge is 2.27. The van der Waals surface area contributed by atoms with E-state index in [9.17, 15) is 4.79 Å². The zero-order valence-corrected chi connectivity index (χ0v) is 13.7. The molecule has 2 saturated heterocycles. The first-order valence-electron chi connectivity index (χ1n) is 8.61. The lowest BCUT2D eigenvalue weighted by atomic mass is 10.0. The van der Waals surface area contributed by atoms with Gasteiger partial charge in [0.25, 0.3) is 0 Å². The first kappa shape index (κ1) is 16.4. The van der Waals surface area contributed by atoms with E-state index in [0.29, 0.717) is 12.3 Å². The van der Waals surface area contributed by atoms with E-state index in [-0.39, 0.29) is 5.91 Å². The lowest BCUT2D eigenvalue weighted by Gasteiger charge is -2.36. The fourth-order valence-electron chi connectivity index (χ4n) is 3.43. The SMILES string of the molecule is NC(Cc1ccccc1)C(=O)N1CCN(CC2CCOC2)CC1. The van der Waals surface area contributed by atoms with Crippen LogP contribution in [0.25, 0.3) is 0 Å². The Hall–Kier alpha value is -1.43. The molecule has 1 aromatic rings. The van der Waals surface area contributed by atoms with E-state index in [2.05, 4.69) is 4.90 Å². The molecule has 0 aliphatic carbocycles. The van der Waals surface area contributed by atoms with Crippen LogP contribution in [-0.2, 0) is 16.0 Å². The Morgan fingerprint density at radius 3 is 2.61 bits per heavy atom. The summed E-state index contributed by atoms with van der Waals surface area (Å²) in [4.78, 5) is 16.9. The van der Waals surface area contributed by atoms with Gasteiger partial charge in [0, 0.05) is 39.3 Å². The zero-order chi connectivity index (χ0) is 16.1. The average Bonchev–Trinajstić information content (AvgIpc) is 3.09. The summed E-state index contributed by atoms with van der Waals surface area (Å²) in [6.45, 7) is 6.35. The van der Waals surface area contributed by atoms with Crippen molar-refractivity contribution in [3.05, 3.63) is 35.9 Å². The number of carbonyl (C=O) groups is 1. The number of hydrogen-bond acceptors (Lipinski definition) is 4. The quantitative estimate of drug-likeness (QED) is 0.870. The van der Waals surface area contributed by atoms with E-state index < -0.39 is 6.04 Å². The Balaban J connectivity index is 1.44. The monoisotopic (exact) mass is 317 g/mol. The van der Waals surface area contributed by atoms with E-state index in [0.717, 1.165) is 51.5 Å². The Kier molecular flexibility index (Phi) is 5.65. The molecule has 0 aromatic heterocycles. The second kappa shape index (κ2) is 7.90. The number of hydrogen-bond donors (Lipinski definition) is 1. The predicted molar refractivity (Wildman–Crippen MR) is 90.1 cm³/mol. The van der Waals surface area contributed by atoms with Gasteiger partial charge in [0.05, 0.1) is 12.6 Å². The molecule has 2 aliphatic heterocycles. The topological polar surface area (TPSA) is 58.8 Å². The molecule has 0 spiro atoms. The lowest BCUT2D eigenvalue weighted by Crippen LogP contribution is -2.54. The fraction of sp³-hybridized carbons (Fsp3) is 0.611. The van der Waals surface area contributed by atoms with Crippen LogP contribution in [0.15, 0.2) is 30.3 Å². The summed E-state index contributed by atoms with van der Waals surface area (Å²) in [5.41, 5.74) is 7.24. The van der Waals surface area contributed by atoms with Crippen LogP contribution in [-0.4, -0.2) is 67.7 Å². The largest absolute Gasteiger partial charge is 0.381 e. The van der Waals surface area contributed by atoms with Crippen molar-refractivity contribution in [1.82, 2.24) is 9.80 Å². The lowest BCUT2D eigenvalue weighted by molar-refractivity contribution is -0.134. The Morgan fingerprint density at radius 2 is 1.96 bits per heavy atom. The maximum absolute atomic E-state index is 12.5. The first-order chi connectivity index (χ1) is 11.2. The highest BCUT2D eigenvalue weighted by molar-refractivity contribution is 5.82. The molecule has 126 valence electrons. The fourth-order valence-corrected chi connectivity index (χ4v) is 3.43. The number of amides is 1. The summed E-state index contributed by atoms with van der Waals surface area (Å²) in [6.07, 6.45) is 1.78. The average molecular weight is 317 g/mol. The van der Waals surface area contributed by atoms with Crippen molar-refractivity contribution in [3.8, 4) is 0 Å². The van der Waals surface area contributed by atoms with Crippen molar-refractivity contribution in [2.75, 3.05) is 45.9 Å². The Labute approximate surface area is 138 Å². The number of nitrogens with zero attached hydrogens (tertiary/aromatic N) is 2. The van der Waals surface area contributed by atoms with Gasteiger partial charge in [-0.1, -0.05) is 30.3 Å². The van der Waals surface area contributed by atoms with Crippen molar-refractivity contribution in [2.24, 2.45) is 11.7 Å². The molecular weight excluding hydrogens is 290 g/mol. The molecular formula is C18H27N3O2. The minimum atomic E-state index is -0.438. The second-order valence-electron chi connectivity index (χ2n) is 6.65. The number of rotatable bonds is 5. The normalized spacial score (nSPS) is 23.9. The number of carbonyl (C=O) groups excluding carboxylic acids is 1. The van der Waals surface area contributed by atoms with Gasteiger partial charge >= 0.3 is 0 Å². The van der Waals surface area contributed by atoms with E-state index in [1.165, 1.54) is 6.42 Å². The van der Waals surface area contributed by atoms with Gasteiger partial charge in [-0.05, 0) is 24.3 Å². The first-order valence-corrected chi connectivity index (χ1v) is 8.61. The van der Waals surface area contributed by atoms with Crippen LogP contribution in [0.3, 0.4) is 0 Å². The minimum Gasteiger partial charge on any atom is -0.381 e. The number of benzene rings is 1. The Morgan fingerprint density at radius 1 is 1.22 bits per heavy atom. The van der Waals surface area contributed by atoms with Crippen molar-refractivity contribution in [1.29, 1.82) is 0 Å². The molecule has 0 saturated carbocycles. The van der Waals surface area contributed by atoms with Crippen LogP contribution < -0.4 is 5.73 Å². The standard InChI is InChI=1S/C18H27N3O2/c19-17(12-15-4-2-1-3-5-15)18(22)21-9-7-20(8-10-21)13-16-6-11-23-14-16/h1-5,16-17H,6-14,19H2. The van der Waals surface area contributed by atoms with E-state index in [1.54, 1.807) is 0 Å². The van der Waals surface area contributed by atoms with Gasteiger partial charge < -0.3 is 15.4 Å². The maximum atomic E-state index is 12.5. The molecule has 0 radical (unpaired) electrons. The molecule has 2 unspecified atom stereocenters. The van der Waals surface area contributed by atoms with Gasteiger partial charge in [0.1, 0.15) is 0 Å². The van der Waals surface area contributed by atoms with Gasteiger partial charge in [-0.15, -0.1) is 0 Å². The summed E-state index contributed by atoms with van der Waals surface area (Å²) >= 11 is 0. The van der Waals surface area contributed by atoms with Gasteiger partial charge in [-0.2, -0.15) is 0 Å². The molecule has 2 heterocycles. The summed E-state index contributed by atoms with van der Waals surface area (Å²) < 4.78 is 5.44. The second-order valence-corrected chi connectivity index (χ2v) is 6.65. The predicted octanol–water partition coefficient (Wildman–Crippen LogP) is 0.737. The molecule has 3 rings (SSSR count). The van der Waals surface area contributed by atoms with Crippen molar-refractivity contribution in [2.45, 2.75) is 18.9 Å². The van der Waals surface area contributed by atoms with Crippen LogP contribution in [0.4, 0.5) is 0 Å². The molecule has 5 nitrogen and oxygen atoms in total. The van der Waals surface area contributed by atoms with Gasteiger partial charge in [-0.3, -0.25) is 9.69 Å². The molecule has 1 amide bonds. The van der Waals surface area contributed by atoms with Crippen LogP contribution in [0.1, 0.15) is 12.0 Å². The van der Waals surface area contributed by atoms with Crippen molar-refractivity contribution in [3.63, 3.8) is 0 Å². The molecule has 2 fully saturated rings. The van der Waals surface area contributed by atoms with E-state index >= 15 is 0 Å². The highest BCUT2D eigenvalue weighted by Crippen LogP contribution is 2.15. The minimum absolute atomic E-state index is 0.0812. The van der Waals surface area contributed by atoms with E-state index in [1.807, 2.05) is 35.2 Å². The maximum Gasteiger partial charge on any atom is 0.239 e. The van der Waals surface area contributed by atoms with E-state index in [4.69, 9.17) is 10.5 Å². The van der Waals surface area contributed by atoms with Gasteiger partial charge in [0.2, 0.25) is 5.91 Å². The van der Waals surface area contributed by atoms with Gasteiger partial charge in [0.15, 0.2) is 0 Å². The third kappa shape index (κ3) is 4.53. The molecule has 1 aromatic carbocycles. The summed E-state index contributed by atoms with van der Waals surface area (Å²) in [5, 5.41) is 0. The van der Waals surface area contributed by atoms with Crippen LogP contribution in [0, 0.1) is 5.92 Å². The number of ether oxygens (including phenoxy) is 1. The summed E-state index contributed by atoms with van der Waals surface area (Å²) in [5.74, 6) is 0.746. The third-order valence-electron chi connectivity index (χ3n) is 4.84. The molecule has 23 heavy (non-hydrogen) atoms. The molecule has 5 heteroatoms. The zero-order valence-electron chi connectivity index (χ0n) is 13.7. The third-order valence-corrected chi connectivity index (χ3v) is 4.84. The molecule has 0 bridgehead atoms. The smallest absolute Gasteiger partial charge is 0.239 e. The van der Waals surface area contributed by atoms with Gasteiger partial charge in [-0.25, -0.2) is 0 Å². The summed E-state index contributed by atoms with van der Waals surface area (Å²) in [6, 6.07) is 9.55. The molecule has 2 atom stereocenters. The highest BCUT2D eigenvalue weighted by atomic mass is 16.5. The molecule has 2 N–H and O–H groups in total. The Bertz CT molecular complexity index is 494. The number of piperazine rings is 1. The van der Waals surface area contributed by atoms with Crippen LogP contribution in [0.2, 0.25) is 0 Å². The van der Waals surface area contributed by atoms with Crippen molar-refractivity contribution >= 4 is 5.91 Å².